The molecule has 0 bridgehead atoms. The Morgan fingerprint density at radius 2 is 1.96 bits per heavy atom. The average Bonchev–Trinajstić information content (AvgIpc) is 2.82. The number of anilines is 1. The van der Waals surface area contributed by atoms with Crippen LogP contribution in [-0.4, -0.2) is 28.8 Å². The number of amides is 1. The molecule has 0 unspecified atom stereocenters. The van der Waals surface area contributed by atoms with Gasteiger partial charge in [-0.05, 0) is 38.1 Å². The molecule has 2 aromatic rings. The standard InChI is InChI=1S/C16H20F2N4O2.ClH/c1-10-14(11(2)22(21-10)16(17)18)9-15(23)20-12-3-5-13(6-4-12)24-8-7-19;/h3-6,16H,7-9,19H2,1-2H3,(H,20,23);1H. The van der Waals surface area contributed by atoms with Crippen molar-refractivity contribution in [1.82, 2.24) is 9.78 Å². The lowest BCUT2D eigenvalue weighted by Crippen LogP contribution is -2.15. The summed E-state index contributed by atoms with van der Waals surface area (Å²) in [6, 6.07) is 6.84. The first-order valence-corrected chi connectivity index (χ1v) is 7.48. The van der Waals surface area contributed by atoms with Crippen molar-refractivity contribution in [2.75, 3.05) is 18.5 Å². The highest BCUT2D eigenvalue weighted by atomic mass is 35.5. The molecule has 0 spiro atoms. The van der Waals surface area contributed by atoms with Crippen molar-refractivity contribution in [3.8, 4) is 5.75 Å². The second-order valence-electron chi connectivity index (χ2n) is 5.26. The number of alkyl halides is 2. The smallest absolute Gasteiger partial charge is 0.333 e. The van der Waals surface area contributed by atoms with Crippen LogP contribution in [0.1, 0.15) is 23.5 Å². The quantitative estimate of drug-likeness (QED) is 0.780. The number of hydrogen-bond donors (Lipinski definition) is 2. The molecule has 0 atom stereocenters. The van der Waals surface area contributed by atoms with E-state index in [-0.39, 0.29) is 24.7 Å². The molecule has 0 aliphatic heterocycles. The minimum absolute atomic E-state index is 0. The SMILES string of the molecule is Cc1nn(C(F)F)c(C)c1CC(=O)Nc1ccc(OCCN)cc1.Cl. The van der Waals surface area contributed by atoms with E-state index in [4.69, 9.17) is 10.5 Å². The summed E-state index contributed by atoms with van der Waals surface area (Å²) in [6.45, 7) is 1.25. The molecule has 1 amide bonds. The topological polar surface area (TPSA) is 82.2 Å². The number of aryl methyl sites for hydroxylation is 1. The second-order valence-corrected chi connectivity index (χ2v) is 5.26. The Morgan fingerprint density at radius 3 is 2.48 bits per heavy atom. The van der Waals surface area contributed by atoms with E-state index in [0.29, 0.717) is 46.2 Å². The molecule has 0 aliphatic rings. The van der Waals surface area contributed by atoms with Crippen molar-refractivity contribution >= 4 is 24.0 Å². The third-order valence-corrected chi connectivity index (χ3v) is 3.52. The van der Waals surface area contributed by atoms with Crippen molar-refractivity contribution in [3.05, 3.63) is 41.2 Å². The third-order valence-electron chi connectivity index (χ3n) is 3.52. The van der Waals surface area contributed by atoms with Crippen LogP contribution in [0.25, 0.3) is 0 Å². The number of hydrogen-bond acceptors (Lipinski definition) is 4. The minimum atomic E-state index is -2.72. The van der Waals surface area contributed by atoms with Crippen LogP contribution in [0.4, 0.5) is 14.5 Å². The van der Waals surface area contributed by atoms with Crippen LogP contribution in [0.5, 0.6) is 5.75 Å². The van der Waals surface area contributed by atoms with E-state index >= 15 is 0 Å². The predicted octanol–water partition coefficient (Wildman–Crippen LogP) is 2.84. The summed E-state index contributed by atoms with van der Waals surface area (Å²) in [7, 11) is 0. The maximum atomic E-state index is 12.8. The van der Waals surface area contributed by atoms with Gasteiger partial charge in [-0.1, -0.05) is 0 Å². The van der Waals surface area contributed by atoms with E-state index in [9.17, 15) is 13.6 Å². The molecule has 6 nitrogen and oxygen atoms in total. The highest BCUT2D eigenvalue weighted by Gasteiger charge is 2.19. The molecule has 0 aliphatic carbocycles. The van der Waals surface area contributed by atoms with Crippen LogP contribution < -0.4 is 15.8 Å². The normalized spacial score (nSPS) is 10.5. The highest BCUT2D eigenvalue weighted by molar-refractivity contribution is 5.92. The molecule has 2 rings (SSSR count). The third kappa shape index (κ3) is 5.40. The van der Waals surface area contributed by atoms with E-state index in [1.807, 2.05) is 0 Å². The monoisotopic (exact) mass is 374 g/mol. The number of aromatic nitrogens is 2. The van der Waals surface area contributed by atoms with Gasteiger partial charge in [0.25, 0.3) is 0 Å². The Labute approximate surface area is 150 Å². The van der Waals surface area contributed by atoms with E-state index in [1.54, 1.807) is 31.2 Å². The number of benzene rings is 1. The molecule has 0 saturated heterocycles. The highest BCUT2D eigenvalue weighted by Crippen LogP contribution is 2.21. The van der Waals surface area contributed by atoms with Gasteiger partial charge in [0.1, 0.15) is 12.4 Å². The molecule has 138 valence electrons. The van der Waals surface area contributed by atoms with Crippen LogP contribution in [0.15, 0.2) is 24.3 Å². The van der Waals surface area contributed by atoms with Crippen LogP contribution in [0, 0.1) is 13.8 Å². The van der Waals surface area contributed by atoms with Gasteiger partial charge in [-0.2, -0.15) is 13.9 Å². The molecular formula is C16H21ClF2N4O2. The average molecular weight is 375 g/mol. The van der Waals surface area contributed by atoms with Gasteiger partial charge in [0.2, 0.25) is 5.91 Å². The van der Waals surface area contributed by atoms with Gasteiger partial charge in [-0.25, -0.2) is 4.68 Å². The Balaban J connectivity index is 0.00000312. The summed E-state index contributed by atoms with van der Waals surface area (Å²) < 4.78 is 31.6. The van der Waals surface area contributed by atoms with E-state index in [1.165, 1.54) is 6.92 Å². The Morgan fingerprint density at radius 1 is 1.32 bits per heavy atom. The molecule has 25 heavy (non-hydrogen) atoms. The second kappa shape index (κ2) is 9.33. The van der Waals surface area contributed by atoms with E-state index in [2.05, 4.69) is 10.4 Å². The minimum Gasteiger partial charge on any atom is -0.492 e. The summed E-state index contributed by atoms with van der Waals surface area (Å²) >= 11 is 0. The van der Waals surface area contributed by atoms with Crippen molar-refractivity contribution < 1.29 is 18.3 Å². The molecule has 0 saturated carbocycles. The van der Waals surface area contributed by atoms with Gasteiger partial charge in [-0.15, -0.1) is 12.4 Å². The molecule has 0 radical (unpaired) electrons. The lowest BCUT2D eigenvalue weighted by atomic mass is 10.1. The number of nitrogens with zero attached hydrogens (tertiary/aromatic N) is 2. The number of nitrogens with one attached hydrogen (secondary N) is 1. The lowest BCUT2D eigenvalue weighted by Gasteiger charge is -2.08. The summed E-state index contributed by atoms with van der Waals surface area (Å²) in [5, 5.41) is 6.49. The fraction of sp³-hybridized carbons (Fsp3) is 0.375. The van der Waals surface area contributed by atoms with Gasteiger partial charge in [-0.3, -0.25) is 4.79 Å². The van der Waals surface area contributed by atoms with Crippen LogP contribution in [0.2, 0.25) is 0 Å². The van der Waals surface area contributed by atoms with Gasteiger partial charge in [0.05, 0.1) is 12.1 Å². The number of ether oxygens (including phenoxy) is 1. The molecule has 9 heteroatoms. The van der Waals surface area contributed by atoms with Gasteiger partial charge in [0, 0.05) is 23.5 Å². The maximum Gasteiger partial charge on any atom is 0.333 e. The fourth-order valence-electron chi connectivity index (χ4n) is 2.32. The molecule has 1 aromatic heterocycles. The van der Waals surface area contributed by atoms with E-state index < -0.39 is 6.55 Å². The van der Waals surface area contributed by atoms with Crippen LogP contribution in [0.3, 0.4) is 0 Å². The molecule has 1 heterocycles. The summed E-state index contributed by atoms with van der Waals surface area (Å²) in [6.07, 6.45) is -0.0180. The zero-order chi connectivity index (χ0) is 17.7. The summed E-state index contributed by atoms with van der Waals surface area (Å²) in [5.74, 6) is 0.356. The van der Waals surface area contributed by atoms with Crippen molar-refractivity contribution in [1.29, 1.82) is 0 Å². The summed E-state index contributed by atoms with van der Waals surface area (Å²) in [4.78, 5) is 12.1. The first kappa shape index (κ1) is 20.9. The molecule has 0 fully saturated rings. The summed E-state index contributed by atoms with van der Waals surface area (Å²) in [5.41, 5.74) is 7.18. The van der Waals surface area contributed by atoms with Gasteiger partial charge >= 0.3 is 6.55 Å². The Bertz CT molecular complexity index is 705. The predicted molar refractivity (Wildman–Crippen MR) is 93.5 cm³/mol. The first-order chi connectivity index (χ1) is 11.4. The maximum absolute atomic E-state index is 12.8. The van der Waals surface area contributed by atoms with Gasteiger partial charge < -0.3 is 15.8 Å². The number of nitrogens with two attached hydrogens (primary N) is 1. The van der Waals surface area contributed by atoms with Crippen molar-refractivity contribution in [2.24, 2.45) is 5.73 Å². The zero-order valence-electron chi connectivity index (χ0n) is 14.0. The molecule has 1 aromatic carbocycles. The van der Waals surface area contributed by atoms with Gasteiger partial charge in [0.15, 0.2) is 0 Å². The number of rotatable bonds is 7. The van der Waals surface area contributed by atoms with Crippen LogP contribution >= 0.6 is 12.4 Å². The Hall–Kier alpha value is -2.19. The number of halogens is 3. The Kier molecular flexibility index (Phi) is 7.79. The van der Waals surface area contributed by atoms with Crippen molar-refractivity contribution in [3.63, 3.8) is 0 Å². The fourth-order valence-corrected chi connectivity index (χ4v) is 2.32. The lowest BCUT2D eigenvalue weighted by molar-refractivity contribution is -0.115. The van der Waals surface area contributed by atoms with Crippen LogP contribution in [-0.2, 0) is 11.2 Å². The van der Waals surface area contributed by atoms with E-state index in [0.717, 1.165) is 0 Å². The molecule has 3 N–H and O–H groups in total. The first-order valence-electron chi connectivity index (χ1n) is 7.48. The number of carbonyl (C=O) groups is 1. The largest absolute Gasteiger partial charge is 0.492 e. The van der Waals surface area contributed by atoms with Crippen molar-refractivity contribution in [2.45, 2.75) is 26.8 Å². The zero-order valence-corrected chi connectivity index (χ0v) is 14.8. The number of carbonyl (C=O) groups excluding carboxylic acids is 1. The molecular weight excluding hydrogens is 354 g/mol.